The van der Waals surface area contributed by atoms with Crippen LogP contribution in [-0.2, 0) is 34.3 Å². The normalized spacial score (nSPS) is 14.2. The number of aromatic nitrogens is 1. The molecule has 0 aliphatic rings. The molecule has 0 bridgehead atoms. The topological polar surface area (TPSA) is 161 Å². The summed E-state index contributed by atoms with van der Waals surface area (Å²) in [6, 6.07) is 16.6. The standard InChI is InChI=1S/C35H48N6O6S/c1-6-26(4)33(39-35(44)40(5)23-29-13-10-18-36-20-29)34(43)38-31(19-27-11-8-7-9-12-27)32(42)24-41(22-25(2)3)48(46,47)30-16-14-28(15-17-30)21-37-45/h7-18,20,25-26,31-33,42H,6,19,21-24H2,1-5H3,(H,38,43)(H,39,44)/t26-,31-,32+,33-/m0/s1. The lowest BCUT2D eigenvalue weighted by atomic mass is 9.96. The molecule has 0 saturated heterocycles. The number of nitroso groups, excluding NO2 is 1. The summed E-state index contributed by atoms with van der Waals surface area (Å²) in [5, 5.41) is 20.3. The Balaban J connectivity index is 1.86. The van der Waals surface area contributed by atoms with Gasteiger partial charge in [-0.15, -0.1) is 0 Å². The van der Waals surface area contributed by atoms with Gasteiger partial charge in [-0.3, -0.25) is 9.78 Å². The Bertz CT molecular complexity index is 1560. The van der Waals surface area contributed by atoms with Crippen LogP contribution in [0.25, 0.3) is 0 Å². The average Bonchev–Trinajstić information content (AvgIpc) is 3.07. The lowest BCUT2D eigenvalue weighted by Gasteiger charge is -2.33. The van der Waals surface area contributed by atoms with Crippen LogP contribution in [0.4, 0.5) is 4.79 Å². The second-order valence-corrected chi connectivity index (χ2v) is 14.5. The number of hydrogen-bond acceptors (Lipinski definition) is 8. The van der Waals surface area contributed by atoms with Crippen LogP contribution in [0.2, 0.25) is 0 Å². The molecule has 0 radical (unpaired) electrons. The van der Waals surface area contributed by atoms with Crippen molar-refractivity contribution in [3.8, 4) is 0 Å². The van der Waals surface area contributed by atoms with Gasteiger partial charge in [-0.1, -0.05) is 87.8 Å². The highest BCUT2D eigenvalue weighted by Crippen LogP contribution is 2.21. The maximum atomic E-state index is 13.9. The molecule has 260 valence electrons. The zero-order chi connectivity index (χ0) is 35.3. The van der Waals surface area contributed by atoms with Crippen LogP contribution < -0.4 is 10.6 Å². The van der Waals surface area contributed by atoms with E-state index in [0.29, 0.717) is 18.5 Å². The number of urea groups is 1. The first kappa shape index (κ1) is 38.2. The van der Waals surface area contributed by atoms with Crippen molar-refractivity contribution in [1.82, 2.24) is 24.8 Å². The smallest absolute Gasteiger partial charge is 0.318 e. The predicted octanol–water partition coefficient (Wildman–Crippen LogP) is 4.34. The Labute approximate surface area is 284 Å². The summed E-state index contributed by atoms with van der Waals surface area (Å²) in [4.78, 5) is 43.4. The molecule has 12 nitrogen and oxygen atoms in total. The molecule has 2 aromatic carbocycles. The van der Waals surface area contributed by atoms with Gasteiger partial charge in [0, 0.05) is 39.1 Å². The maximum Gasteiger partial charge on any atom is 0.318 e. The minimum atomic E-state index is -4.06. The van der Waals surface area contributed by atoms with E-state index in [1.165, 1.54) is 33.5 Å². The quantitative estimate of drug-likeness (QED) is 0.169. The Morgan fingerprint density at radius 1 is 0.917 bits per heavy atom. The molecule has 0 spiro atoms. The zero-order valence-electron chi connectivity index (χ0n) is 28.3. The van der Waals surface area contributed by atoms with Crippen LogP contribution in [0.3, 0.4) is 0 Å². The molecular formula is C35H48N6O6S. The van der Waals surface area contributed by atoms with Gasteiger partial charge in [-0.05, 0) is 53.1 Å². The first-order valence-corrected chi connectivity index (χ1v) is 17.6. The van der Waals surface area contributed by atoms with Gasteiger partial charge >= 0.3 is 6.03 Å². The largest absolute Gasteiger partial charge is 0.390 e. The van der Waals surface area contributed by atoms with Crippen LogP contribution in [0.5, 0.6) is 0 Å². The van der Waals surface area contributed by atoms with Gasteiger partial charge in [-0.25, -0.2) is 13.2 Å². The molecule has 0 fully saturated rings. The van der Waals surface area contributed by atoms with Crippen LogP contribution in [0.15, 0.2) is 89.2 Å². The van der Waals surface area contributed by atoms with E-state index in [-0.39, 0.29) is 42.8 Å². The SMILES string of the molecule is CC[C@H](C)[C@H](NC(=O)N(C)Cc1cccnc1)C(=O)N[C@@H](Cc1ccccc1)[C@H](O)CN(CC(C)C)S(=O)(=O)c1ccc(CN=O)cc1. The fraction of sp³-hybridized carbons (Fsp3) is 0.457. The molecular weight excluding hydrogens is 632 g/mol. The van der Waals surface area contributed by atoms with Crippen molar-refractivity contribution in [2.24, 2.45) is 17.0 Å². The van der Waals surface area contributed by atoms with Crippen molar-refractivity contribution >= 4 is 22.0 Å². The first-order valence-electron chi connectivity index (χ1n) is 16.2. The summed E-state index contributed by atoms with van der Waals surface area (Å²) in [6.07, 6.45) is 2.83. The number of aliphatic hydroxyl groups excluding tert-OH is 1. The maximum absolute atomic E-state index is 13.9. The van der Waals surface area contributed by atoms with E-state index in [0.717, 1.165) is 11.1 Å². The molecule has 0 saturated carbocycles. The van der Waals surface area contributed by atoms with Crippen LogP contribution in [0, 0.1) is 16.7 Å². The van der Waals surface area contributed by atoms with Crippen LogP contribution in [-0.4, -0.2) is 78.0 Å². The van der Waals surface area contributed by atoms with E-state index in [9.17, 15) is 28.0 Å². The van der Waals surface area contributed by atoms with Gasteiger partial charge in [0.15, 0.2) is 0 Å². The number of pyridine rings is 1. The van der Waals surface area contributed by atoms with E-state index in [4.69, 9.17) is 0 Å². The van der Waals surface area contributed by atoms with Gasteiger partial charge in [0.25, 0.3) is 0 Å². The monoisotopic (exact) mass is 680 g/mol. The fourth-order valence-electron chi connectivity index (χ4n) is 5.21. The third-order valence-corrected chi connectivity index (χ3v) is 9.97. The third-order valence-electron chi connectivity index (χ3n) is 8.12. The Kier molecular flexibility index (Phi) is 14.6. The van der Waals surface area contributed by atoms with Crippen molar-refractivity contribution in [1.29, 1.82) is 0 Å². The molecule has 4 atom stereocenters. The van der Waals surface area contributed by atoms with Crippen molar-refractivity contribution in [2.75, 3.05) is 20.1 Å². The molecule has 1 heterocycles. The average molecular weight is 681 g/mol. The minimum Gasteiger partial charge on any atom is -0.390 e. The molecule has 3 rings (SSSR count). The molecule has 3 aromatic rings. The third kappa shape index (κ3) is 11.2. The summed E-state index contributed by atoms with van der Waals surface area (Å²) in [7, 11) is -2.43. The van der Waals surface area contributed by atoms with Gasteiger partial charge in [-0.2, -0.15) is 9.21 Å². The summed E-state index contributed by atoms with van der Waals surface area (Å²) in [6.45, 7) is 7.59. The second-order valence-electron chi connectivity index (χ2n) is 12.5. The number of sulfonamides is 1. The molecule has 3 amide bonds. The molecule has 0 aliphatic carbocycles. The van der Waals surface area contributed by atoms with E-state index < -0.39 is 40.1 Å². The molecule has 48 heavy (non-hydrogen) atoms. The Hall–Kier alpha value is -4.20. The molecule has 0 unspecified atom stereocenters. The number of nitrogens with zero attached hydrogens (tertiary/aromatic N) is 4. The lowest BCUT2D eigenvalue weighted by Crippen LogP contribution is -2.58. The lowest BCUT2D eigenvalue weighted by molar-refractivity contribution is -0.125. The number of benzene rings is 2. The number of rotatable bonds is 18. The predicted molar refractivity (Wildman–Crippen MR) is 185 cm³/mol. The highest BCUT2D eigenvalue weighted by Gasteiger charge is 2.34. The highest BCUT2D eigenvalue weighted by molar-refractivity contribution is 7.89. The number of carbonyl (C=O) groups is 2. The number of aliphatic hydroxyl groups is 1. The molecule has 0 aliphatic heterocycles. The van der Waals surface area contributed by atoms with Crippen molar-refractivity contribution in [3.05, 3.63) is 101 Å². The Morgan fingerprint density at radius 3 is 2.17 bits per heavy atom. The summed E-state index contributed by atoms with van der Waals surface area (Å²) in [5.41, 5.74) is 2.25. The highest BCUT2D eigenvalue weighted by atomic mass is 32.2. The van der Waals surface area contributed by atoms with Gasteiger partial charge < -0.3 is 20.6 Å². The number of hydrogen-bond donors (Lipinski definition) is 3. The van der Waals surface area contributed by atoms with Gasteiger partial charge in [0.05, 0.1) is 17.0 Å². The minimum absolute atomic E-state index is 0.0172. The summed E-state index contributed by atoms with van der Waals surface area (Å²) < 4.78 is 28.9. The molecule has 3 N–H and O–H groups in total. The van der Waals surface area contributed by atoms with Crippen molar-refractivity contribution in [2.45, 2.75) is 76.7 Å². The zero-order valence-corrected chi connectivity index (χ0v) is 29.1. The van der Waals surface area contributed by atoms with Crippen molar-refractivity contribution in [3.63, 3.8) is 0 Å². The number of amides is 3. The fourth-order valence-corrected chi connectivity index (χ4v) is 6.83. The van der Waals surface area contributed by atoms with Gasteiger partial charge in [0.1, 0.15) is 12.6 Å². The van der Waals surface area contributed by atoms with Crippen LogP contribution in [0.1, 0.15) is 50.8 Å². The van der Waals surface area contributed by atoms with Crippen molar-refractivity contribution < 1.29 is 23.1 Å². The second kappa shape index (κ2) is 18.4. The first-order chi connectivity index (χ1) is 22.8. The van der Waals surface area contributed by atoms with Crippen LogP contribution >= 0.6 is 0 Å². The molecule has 13 heteroatoms. The van der Waals surface area contributed by atoms with Gasteiger partial charge in [0.2, 0.25) is 15.9 Å². The van der Waals surface area contributed by atoms with E-state index in [2.05, 4.69) is 20.8 Å². The number of nitrogens with one attached hydrogen (secondary N) is 2. The molecule has 1 aromatic heterocycles. The van der Waals surface area contributed by atoms with E-state index in [1.807, 2.05) is 64.1 Å². The summed E-state index contributed by atoms with van der Waals surface area (Å²) >= 11 is 0. The summed E-state index contributed by atoms with van der Waals surface area (Å²) in [5.74, 6) is -0.795. The Morgan fingerprint density at radius 2 is 1.58 bits per heavy atom. The van der Waals surface area contributed by atoms with E-state index >= 15 is 0 Å². The van der Waals surface area contributed by atoms with E-state index in [1.54, 1.807) is 25.5 Å². The number of carbonyl (C=O) groups excluding carboxylic acids is 2.